The molecule has 0 atom stereocenters. The highest BCUT2D eigenvalue weighted by Crippen LogP contribution is 2.23. The summed E-state index contributed by atoms with van der Waals surface area (Å²) in [6, 6.07) is 5.10. The Morgan fingerprint density at radius 2 is 2.23 bits per heavy atom. The molecule has 0 unspecified atom stereocenters. The lowest BCUT2D eigenvalue weighted by atomic mass is 9.81. The van der Waals surface area contributed by atoms with Crippen molar-refractivity contribution in [3.8, 4) is 5.75 Å². The largest absolute Gasteiger partial charge is 0.506 e. The zero-order valence-corrected chi connectivity index (χ0v) is 7.79. The van der Waals surface area contributed by atoms with Crippen LogP contribution in [-0.2, 0) is 0 Å². The average Bonchev–Trinajstić information content (AvgIpc) is 2.11. The lowest BCUT2D eigenvalue weighted by Gasteiger charge is -2.06. The molecule has 0 heterocycles. The maximum absolute atomic E-state index is 11.0. The number of carbonyl (C=O) groups excluding carboxylic acids is 1. The van der Waals surface area contributed by atoms with Crippen molar-refractivity contribution in [3.63, 3.8) is 0 Å². The van der Waals surface area contributed by atoms with Crippen LogP contribution in [0.25, 0.3) is 0 Å². The van der Waals surface area contributed by atoms with Crippen molar-refractivity contribution in [1.29, 1.82) is 0 Å². The first-order valence-corrected chi connectivity index (χ1v) is 4.23. The van der Waals surface area contributed by atoms with E-state index in [1.54, 1.807) is 25.0 Å². The van der Waals surface area contributed by atoms with Gasteiger partial charge in [0.25, 0.3) is 0 Å². The van der Waals surface area contributed by atoms with Gasteiger partial charge >= 0.3 is 0 Å². The highest BCUT2D eigenvalue weighted by atomic mass is 16.3. The maximum atomic E-state index is 11.0. The van der Waals surface area contributed by atoms with Crippen molar-refractivity contribution in [2.45, 2.75) is 13.7 Å². The summed E-state index contributed by atoms with van der Waals surface area (Å²) in [5, 5.41) is 12.0. The van der Waals surface area contributed by atoms with Crippen LogP contribution in [0.3, 0.4) is 0 Å². The molecule has 0 aliphatic carbocycles. The molecule has 0 fully saturated rings. The van der Waals surface area contributed by atoms with Gasteiger partial charge in [-0.2, -0.15) is 0 Å². The predicted octanol–water partition coefficient (Wildman–Crippen LogP) is 1.72. The molecule has 4 heteroatoms. The quantitative estimate of drug-likeness (QED) is 0.533. The maximum Gasteiger partial charge on any atom is 0.231 e. The molecule has 0 bridgehead atoms. The highest BCUT2D eigenvalue weighted by Gasteiger charge is 2.04. The number of amides is 1. The van der Waals surface area contributed by atoms with Gasteiger partial charge in [-0.1, -0.05) is 12.9 Å². The van der Waals surface area contributed by atoms with Gasteiger partial charge in [0.05, 0.1) is 5.69 Å². The SMILES string of the molecule is CBC(=O)Nc1cc(C)ccc1O. The average molecular weight is 177 g/mol. The van der Waals surface area contributed by atoms with Gasteiger partial charge in [0.2, 0.25) is 7.28 Å². The first-order chi connectivity index (χ1) is 6.13. The van der Waals surface area contributed by atoms with E-state index in [9.17, 15) is 9.90 Å². The number of aromatic hydroxyl groups is 1. The van der Waals surface area contributed by atoms with Gasteiger partial charge < -0.3 is 10.4 Å². The molecule has 0 aromatic heterocycles. The van der Waals surface area contributed by atoms with E-state index in [1.807, 2.05) is 6.92 Å². The second kappa shape index (κ2) is 3.98. The summed E-state index contributed by atoms with van der Waals surface area (Å²) in [6.07, 6.45) is 0. The normalized spacial score (nSPS) is 9.38. The number of phenols is 1. The fourth-order valence-corrected chi connectivity index (χ4v) is 0.989. The minimum atomic E-state index is -0.0964. The van der Waals surface area contributed by atoms with Gasteiger partial charge in [-0.25, -0.2) is 0 Å². The van der Waals surface area contributed by atoms with Crippen molar-refractivity contribution in [2.24, 2.45) is 0 Å². The Morgan fingerprint density at radius 1 is 1.54 bits per heavy atom. The van der Waals surface area contributed by atoms with Crippen molar-refractivity contribution in [3.05, 3.63) is 23.8 Å². The summed E-state index contributed by atoms with van der Waals surface area (Å²) < 4.78 is 0. The van der Waals surface area contributed by atoms with Gasteiger partial charge in [0.15, 0.2) is 5.81 Å². The van der Waals surface area contributed by atoms with E-state index in [0.717, 1.165) is 5.56 Å². The minimum absolute atomic E-state index is 0.0964. The third kappa shape index (κ3) is 2.51. The van der Waals surface area contributed by atoms with Crippen LogP contribution < -0.4 is 5.32 Å². The Hall–Kier alpha value is -1.45. The molecule has 0 spiro atoms. The van der Waals surface area contributed by atoms with Crippen LogP contribution in [0.5, 0.6) is 5.75 Å². The van der Waals surface area contributed by atoms with Gasteiger partial charge in [0.1, 0.15) is 5.75 Å². The molecule has 0 saturated carbocycles. The Kier molecular flexibility index (Phi) is 2.95. The van der Waals surface area contributed by atoms with E-state index in [4.69, 9.17) is 0 Å². The molecule has 1 amide bonds. The van der Waals surface area contributed by atoms with Gasteiger partial charge in [-0.05, 0) is 24.6 Å². The van der Waals surface area contributed by atoms with E-state index in [-0.39, 0.29) is 11.6 Å². The topological polar surface area (TPSA) is 49.3 Å². The van der Waals surface area contributed by atoms with Crippen molar-refractivity contribution in [1.82, 2.24) is 0 Å². The number of aryl methyl sites for hydroxylation is 1. The number of hydrogen-bond donors (Lipinski definition) is 2. The zero-order valence-electron chi connectivity index (χ0n) is 7.79. The van der Waals surface area contributed by atoms with Gasteiger partial charge in [-0.3, -0.25) is 4.79 Å². The molecule has 1 aromatic rings. The first-order valence-electron chi connectivity index (χ1n) is 4.23. The zero-order chi connectivity index (χ0) is 9.84. The second-order valence-electron chi connectivity index (χ2n) is 2.92. The molecule has 0 aliphatic heterocycles. The molecule has 1 rings (SSSR count). The molecule has 0 aliphatic rings. The van der Waals surface area contributed by atoms with Crippen LogP contribution in [0.2, 0.25) is 6.82 Å². The Bertz CT molecular complexity index is 325. The van der Waals surface area contributed by atoms with Crippen LogP contribution >= 0.6 is 0 Å². The summed E-state index contributed by atoms with van der Waals surface area (Å²) in [5.74, 6) is 0.00769. The Balaban J connectivity index is 2.87. The van der Waals surface area contributed by atoms with Crippen molar-refractivity contribution >= 4 is 18.8 Å². The molecule has 3 nitrogen and oxygen atoms in total. The summed E-state index contributed by atoms with van der Waals surface area (Å²) in [4.78, 5) is 11.0. The number of hydrogen-bond acceptors (Lipinski definition) is 2. The highest BCUT2D eigenvalue weighted by molar-refractivity contribution is 6.74. The lowest BCUT2D eigenvalue weighted by Crippen LogP contribution is -2.14. The number of phenolic OH excluding ortho intramolecular Hbond substituents is 1. The number of nitrogens with one attached hydrogen (secondary N) is 1. The molecule has 68 valence electrons. The molecule has 0 radical (unpaired) electrons. The van der Waals surface area contributed by atoms with Crippen LogP contribution in [-0.4, -0.2) is 18.2 Å². The van der Waals surface area contributed by atoms with E-state index >= 15 is 0 Å². The van der Waals surface area contributed by atoms with Gasteiger partial charge in [0, 0.05) is 0 Å². The third-order valence-corrected chi connectivity index (χ3v) is 1.75. The molecule has 0 saturated heterocycles. The van der Waals surface area contributed by atoms with E-state index in [1.165, 1.54) is 0 Å². The number of benzene rings is 1. The van der Waals surface area contributed by atoms with Crippen LogP contribution in [0.15, 0.2) is 18.2 Å². The van der Waals surface area contributed by atoms with Crippen molar-refractivity contribution in [2.75, 3.05) is 5.32 Å². The van der Waals surface area contributed by atoms with Crippen LogP contribution in [0, 0.1) is 6.92 Å². The number of anilines is 1. The number of rotatable bonds is 2. The lowest BCUT2D eigenvalue weighted by molar-refractivity contribution is 0.268. The van der Waals surface area contributed by atoms with E-state index in [2.05, 4.69) is 5.32 Å². The second-order valence-corrected chi connectivity index (χ2v) is 2.92. The monoisotopic (exact) mass is 177 g/mol. The Morgan fingerprint density at radius 3 is 2.85 bits per heavy atom. The summed E-state index contributed by atoms with van der Waals surface area (Å²) >= 11 is 0. The standard InChI is InChI=1S/C9H12BNO2/c1-6-3-4-8(12)7(5-6)11-9(13)10-2/h3-5,10,12H,1-2H3,(H,11,13). The predicted molar refractivity (Wildman–Crippen MR) is 54.9 cm³/mol. The van der Waals surface area contributed by atoms with Gasteiger partial charge in [-0.15, -0.1) is 0 Å². The van der Waals surface area contributed by atoms with Crippen LogP contribution in [0.1, 0.15) is 5.56 Å². The van der Waals surface area contributed by atoms with Crippen molar-refractivity contribution < 1.29 is 9.90 Å². The summed E-state index contributed by atoms with van der Waals surface area (Å²) in [7, 11) is 0.410. The molecular weight excluding hydrogens is 165 g/mol. The fraction of sp³-hybridized carbons (Fsp3) is 0.222. The smallest absolute Gasteiger partial charge is 0.231 e. The molecule has 13 heavy (non-hydrogen) atoms. The fourth-order valence-electron chi connectivity index (χ4n) is 0.989. The molecule has 2 N–H and O–H groups in total. The van der Waals surface area contributed by atoms with E-state index < -0.39 is 0 Å². The first kappa shape index (κ1) is 9.64. The molecular formula is C9H12BNO2. The van der Waals surface area contributed by atoms with Crippen LogP contribution in [0.4, 0.5) is 10.5 Å². The number of carbonyl (C=O) groups is 1. The molecule has 1 aromatic carbocycles. The van der Waals surface area contributed by atoms with E-state index in [0.29, 0.717) is 13.0 Å². The minimum Gasteiger partial charge on any atom is -0.506 e. The summed E-state index contributed by atoms with van der Waals surface area (Å²) in [6.45, 7) is 3.67. The third-order valence-electron chi connectivity index (χ3n) is 1.75. The Labute approximate surface area is 78.0 Å². The summed E-state index contributed by atoms with van der Waals surface area (Å²) in [5.41, 5.74) is 1.48.